The van der Waals surface area contributed by atoms with Gasteiger partial charge in [-0.05, 0) is 105 Å². The molecule has 2 amide bonds. The molecule has 13 heteroatoms. The second-order valence-corrected chi connectivity index (χ2v) is 18.8. The van der Waals surface area contributed by atoms with Gasteiger partial charge in [0, 0.05) is 75.8 Å². The first-order chi connectivity index (χ1) is 26.0. The van der Waals surface area contributed by atoms with Crippen LogP contribution in [0, 0.1) is 23.6 Å². The van der Waals surface area contributed by atoms with Crippen LogP contribution < -0.4 is 15.5 Å². The average Bonchev–Trinajstić information content (AvgIpc) is 3.84. The van der Waals surface area contributed by atoms with Crippen molar-refractivity contribution in [2.75, 3.05) is 64.4 Å². The van der Waals surface area contributed by atoms with Crippen LogP contribution in [0.25, 0.3) is 0 Å². The van der Waals surface area contributed by atoms with Crippen LogP contribution in [-0.2, 0) is 31.3 Å². The molecule has 3 heterocycles. The summed E-state index contributed by atoms with van der Waals surface area (Å²) in [6.45, 7) is 7.48. The third-order valence-corrected chi connectivity index (χ3v) is 15.6. The summed E-state index contributed by atoms with van der Waals surface area (Å²) < 4.78 is 61.0. The van der Waals surface area contributed by atoms with Gasteiger partial charge in [-0.1, -0.05) is 31.4 Å². The number of nitrogens with one attached hydrogen (secondary N) is 2. The minimum atomic E-state index is -3.44. The summed E-state index contributed by atoms with van der Waals surface area (Å²) in [4.78, 5) is 32.1. The van der Waals surface area contributed by atoms with Crippen LogP contribution in [0.2, 0.25) is 0 Å². The normalized spacial score (nSPS) is 24.9. The molecule has 2 aromatic carbocycles. The molecule has 2 saturated carbocycles. The van der Waals surface area contributed by atoms with Gasteiger partial charge in [0.2, 0.25) is 5.91 Å². The number of amides is 2. The number of anilines is 1. The van der Waals surface area contributed by atoms with E-state index in [0.717, 1.165) is 94.5 Å². The van der Waals surface area contributed by atoms with Crippen LogP contribution in [0.4, 0.5) is 19.3 Å². The van der Waals surface area contributed by atoms with Crippen molar-refractivity contribution >= 4 is 27.5 Å². The van der Waals surface area contributed by atoms with E-state index < -0.39 is 27.5 Å². The number of methoxy groups -OCH3 is 1. The number of likely N-dealkylation sites (tertiary alicyclic amines) is 2. The van der Waals surface area contributed by atoms with E-state index in [1.807, 2.05) is 23.1 Å². The molecule has 0 spiro atoms. The second kappa shape index (κ2) is 16.4. The molecule has 2 aromatic rings. The lowest BCUT2D eigenvalue weighted by Crippen LogP contribution is -2.58. The van der Waals surface area contributed by atoms with Gasteiger partial charge in [0.1, 0.15) is 12.0 Å². The third-order valence-electron chi connectivity index (χ3n) is 13.2. The number of hydrogen-bond acceptors (Lipinski definition) is 8. The molecule has 7 rings (SSSR count). The maximum Gasteiger partial charge on any atom is 0.407 e. The van der Waals surface area contributed by atoms with E-state index in [9.17, 15) is 26.8 Å². The maximum atomic E-state index is 14.9. The first kappa shape index (κ1) is 39.0. The van der Waals surface area contributed by atoms with Gasteiger partial charge in [0.25, 0.3) is 0 Å². The predicted molar refractivity (Wildman–Crippen MR) is 204 cm³/mol. The summed E-state index contributed by atoms with van der Waals surface area (Å²) in [6, 6.07) is 12.4. The molecule has 0 radical (unpaired) electrons. The summed E-state index contributed by atoms with van der Waals surface area (Å²) in [7, 11) is -2.08. The van der Waals surface area contributed by atoms with Gasteiger partial charge in [-0.25, -0.2) is 22.0 Å². The zero-order chi connectivity index (χ0) is 38.0. The molecule has 3 saturated heterocycles. The molecule has 2 N–H and O–H groups in total. The molecule has 54 heavy (non-hydrogen) atoms. The summed E-state index contributed by atoms with van der Waals surface area (Å²) >= 11 is 0. The Balaban J connectivity index is 1.03. The van der Waals surface area contributed by atoms with E-state index in [1.54, 1.807) is 18.2 Å². The molecule has 0 unspecified atom stereocenters. The quantitative estimate of drug-likeness (QED) is 0.277. The number of hydrogen-bond donors (Lipinski definition) is 2. The number of carbonyl (C=O) groups is 2. The van der Waals surface area contributed by atoms with Gasteiger partial charge in [0.05, 0.1) is 17.3 Å². The zero-order valence-electron chi connectivity index (χ0n) is 31.8. The number of rotatable bonds is 13. The maximum absolute atomic E-state index is 14.9. The summed E-state index contributed by atoms with van der Waals surface area (Å²) in [6.07, 6.45) is 6.31. The van der Waals surface area contributed by atoms with Gasteiger partial charge in [-0.15, -0.1) is 0 Å². The van der Waals surface area contributed by atoms with E-state index in [4.69, 9.17) is 4.74 Å². The van der Waals surface area contributed by atoms with Gasteiger partial charge < -0.3 is 25.2 Å². The number of carbonyl (C=O) groups excluding carboxylic acids is 2. The van der Waals surface area contributed by atoms with Crippen LogP contribution in [-0.4, -0.2) is 107 Å². The number of nitrogens with zero attached hydrogens (tertiary/aromatic N) is 3. The molecule has 3 atom stereocenters. The monoisotopic (exact) mass is 769 g/mol. The van der Waals surface area contributed by atoms with Crippen molar-refractivity contribution in [3.63, 3.8) is 0 Å². The standard InChI is InChI=1S/C41H57F2N5O5S/c1-28(49)44-27-41(32-7-5-8-33(42)20-32,37-11-6-12-38(37)45-40(50)53-2)31-15-17-46(18-16-31)21-29-22-48(23-29)35-13-14-39(54(51,52)36-9-3-4-10-36)30(19-35)24-47-25-34(43)26-47/h5,7-8,13-14,19-20,29,31,34,36-38H,3-4,6,9-12,15-18,21-27H2,1-2H3,(H,44,49)(H,45,50)/t37-,38-,41-/m0/s1. The molecule has 0 aromatic heterocycles. The number of ether oxygens (including phenoxy) is 1. The van der Waals surface area contributed by atoms with Gasteiger partial charge in [-0.3, -0.25) is 9.69 Å². The second-order valence-electron chi connectivity index (χ2n) is 16.6. The molecular formula is C41H57F2N5O5S. The highest BCUT2D eigenvalue weighted by Gasteiger charge is 2.52. The van der Waals surface area contributed by atoms with Gasteiger partial charge in [-0.2, -0.15) is 0 Å². The molecular weight excluding hydrogens is 713 g/mol. The molecule has 2 aliphatic carbocycles. The minimum Gasteiger partial charge on any atom is -0.453 e. The minimum absolute atomic E-state index is 0.00841. The topological polar surface area (TPSA) is 111 Å². The Morgan fingerprint density at radius 1 is 0.926 bits per heavy atom. The predicted octanol–water partition coefficient (Wildman–Crippen LogP) is 5.44. The third kappa shape index (κ3) is 8.14. The number of alkyl halides is 1. The molecule has 3 aliphatic heterocycles. The Bertz CT molecular complexity index is 1760. The SMILES string of the molecule is COC(=O)N[C@H]1CCC[C@@H]1[C@](CNC(C)=O)(c1cccc(F)c1)C1CCN(CC2CN(c3ccc(S(=O)(=O)C4CCCC4)c(CN4CC(F)C4)c3)C2)CC1. The van der Waals surface area contributed by atoms with Gasteiger partial charge >= 0.3 is 6.09 Å². The lowest BCUT2D eigenvalue weighted by atomic mass is 9.58. The molecule has 0 bridgehead atoms. The van der Waals surface area contributed by atoms with E-state index in [0.29, 0.717) is 49.8 Å². The number of sulfone groups is 1. The number of halogens is 2. The van der Waals surface area contributed by atoms with Crippen molar-refractivity contribution in [2.24, 2.45) is 17.8 Å². The highest BCUT2D eigenvalue weighted by atomic mass is 32.2. The average molecular weight is 770 g/mol. The van der Waals surface area contributed by atoms with Crippen LogP contribution in [0.1, 0.15) is 75.8 Å². The molecule has 5 aliphatic rings. The van der Waals surface area contributed by atoms with Crippen molar-refractivity contribution in [1.82, 2.24) is 20.4 Å². The van der Waals surface area contributed by atoms with Crippen molar-refractivity contribution in [2.45, 2.75) is 99.0 Å². The largest absolute Gasteiger partial charge is 0.453 e. The lowest BCUT2D eigenvalue weighted by molar-refractivity contribution is -0.119. The fourth-order valence-corrected chi connectivity index (χ4v) is 12.5. The first-order valence-corrected chi connectivity index (χ1v) is 21.6. The Morgan fingerprint density at radius 2 is 1.67 bits per heavy atom. The van der Waals surface area contributed by atoms with Crippen LogP contribution in [0.5, 0.6) is 0 Å². The zero-order valence-corrected chi connectivity index (χ0v) is 32.6. The number of alkyl carbamates (subject to hydrolysis) is 1. The Labute approximate surface area is 319 Å². The lowest BCUT2D eigenvalue weighted by Gasteiger charge is -2.51. The Kier molecular flexibility index (Phi) is 11.9. The van der Waals surface area contributed by atoms with Gasteiger partial charge in [0.15, 0.2) is 9.84 Å². The van der Waals surface area contributed by atoms with Crippen molar-refractivity contribution in [3.05, 3.63) is 59.4 Å². The molecule has 5 fully saturated rings. The fraction of sp³-hybridized carbons (Fsp3) is 0.659. The van der Waals surface area contributed by atoms with E-state index in [2.05, 4.69) is 20.4 Å². The van der Waals surface area contributed by atoms with Crippen LogP contribution >= 0.6 is 0 Å². The highest BCUT2D eigenvalue weighted by Crippen LogP contribution is 2.50. The van der Waals surface area contributed by atoms with Crippen molar-refractivity contribution < 1.29 is 31.5 Å². The van der Waals surface area contributed by atoms with Crippen molar-refractivity contribution in [3.8, 4) is 0 Å². The van der Waals surface area contributed by atoms with E-state index in [-0.39, 0.29) is 34.9 Å². The fourth-order valence-electron chi connectivity index (χ4n) is 10.4. The van der Waals surface area contributed by atoms with E-state index in [1.165, 1.54) is 20.1 Å². The van der Waals surface area contributed by atoms with E-state index >= 15 is 0 Å². The summed E-state index contributed by atoms with van der Waals surface area (Å²) in [5.74, 6) is 0.163. The Morgan fingerprint density at radius 3 is 2.33 bits per heavy atom. The highest BCUT2D eigenvalue weighted by molar-refractivity contribution is 7.92. The molecule has 296 valence electrons. The Hall–Kier alpha value is -3.29. The van der Waals surface area contributed by atoms with Crippen molar-refractivity contribution in [1.29, 1.82) is 0 Å². The smallest absolute Gasteiger partial charge is 0.407 e. The van der Waals surface area contributed by atoms with Crippen LogP contribution in [0.3, 0.4) is 0 Å². The summed E-state index contributed by atoms with van der Waals surface area (Å²) in [5, 5.41) is 5.87. The molecule has 10 nitrogen and oxygen atoms in total. The first-order valence-electron chi connectivity index (χ1n) is 20.0. The number of benzene rings is 2. The van der Waals surface area contributed by atoms with Crippen LogP contribution in [0.15, 0.2) is 47.4 Å². The summed E-state index contributed by atoms with van der Waals surface area (Å²) in [5.41, 5.74) is 2.09. The number of piperidine rings is 1.